The quantitative estimate of drug-likeness (QED) is 0.867. The van der Waals surface area contributed by atoms with Crippen LogP contribution in [0.15, 0.2) is 30.3 Å². The number of hydrogen-bond acceptors (Lipinski definition) is 3. The van der Waals surface area contributed by atoms with Crippen LogP contribution in [0.4, 0.5) is 0 Å². The van der Waals surface area contributed by atoms with Gasteiger partial charge in [-0.25, -0.2) is 4.98 Å². The molecule has 20 heavy (non-hydrogen) atoms. The van der Waals surface area contributed by atoms with E-state index in [1.165, 1.54) is 53.2 Å². The first-order chi connectivity index (χ1) is 9.88. The Bertz CT molecular complexity index is 582. The van der Waals surface area contributed by atoms with Crippen molar-refractivity contribution in [2.75, 3.05) is 0 Å². The van der Waals surface area contributed by atoms with E-state index in [9.17, 15) is 0 Å². The summed E-state index contributed by atoms with van der Waals surface area (Å²) < 4.78 is 0. The molecule has 0 atom stereocenters. The highest BCUT2D eigenvalue weighted by Gasteiger charge is 2.25. The Morgan fingerprint density at radius 1 is 1.10 bits per heavy atom. The Morgan fingerprint density at radius 2 is 1.90 bits per heavy atom. The number of rotatable bonds is 6. The Labute approximate surface area is 124 Å². The van der Waals surface area contributed by atoms with Crippen LogP contribution in [0.5, 0.6) is 0 Å². The number of aromatic nitrogens is 1. The van der Waals surface area contributed by atoms with Crippen molar-refractivity contribution >= 4 is 11.3 Å². The van der Waals surface area contributed by atoms with Gasteiger partial charge in [-0.15, -0.1) is 11.3 Å². The second-order valence-electron chi connectivity index (χ2n) is 6.05. The molecule has 2 aromatic rings. The lowest BCUT2D eigenvalue weighted by Crippen LogP contribution is -2.14. The third kappa shape index (κ3) is 2.94. The van der Waals surface area contributed by atoms with Gasteiger partial charge in [0.05, 0.1) is 10.7 Å². The maximum absolute atomic E-state index is 4.94. The number of nitrogens with zero attached hydrogens (tertiary/aromatic N) is 1. The fraction of sp³-hybridized carbons (Fsp3) is 0.471. The third-order valence-corrected chi connectivity index (χ3v) is 5.16. The summed E-state index contributed by atoms with van der Waals surface area (Å²) in [4.78, 5) is 6.35. The molecular formula is C17H20N2S. The normalized spacial score (nSPS) is 18.4. The van der Waals surface area contributed by atoms with E-state index in [2.05, 4.69) is 35.6 Å². The van der Waals surface area contributed by atoms with Crippen molar-refractivity contribution in [3.05, 3.63) is 40.2 Å². The largest absolute Gasteiger partial charge is 0.309 e. The average Bonchev–Trinajstić information content (AvgIpc) is 3.38. The molecule has 2 nitrogen and oxygen atoms in total. The molecule has 0 saturated heterocycles. The van der Waals surface area contributed by atoms with Gasteiger partial charge in [-0.05, 0) is 31.6 Å². The summed E-state index contributed by atoms with van der Waals surface area (Å²) in [7, 11) is 0. The fourth-order valence-corrected chi connectivity index (χ4v) is 3.68. The first kappa shape index (κ1) is 12.5. The number of thiazole rings is 1. The molecular weight excluding hydrogens is 264 g/mol. The van der Waals surface area contributed by atoms with E-state index in [1.54, 1.807) is 0 Å². The van der Waals surface area contributed by atoms with Gasteiger partial charge in [0.15, 0.2) is 0 Å². The number of hydrogen-bond donors (Lipinski definition) is 1. The van der Waals surface area contributed by atoms with Gasteiger partial charge < -0.3 is 5.32 Å². The van der Waals surface area contributed by atoms with Crippen LogP contribution in [-0.2, 0) is 13.0 Å². The molecule has 4 rings (SSSR count). The molecule has 0 radical (unpaired) electrons. The van der Waals surface area contributed by atoms with Gasteiger partial charge in [-0.2, -0.15) is 0 Å². The lowest BCUT2D eigenvalue weighted by Gasteiger charge is -2.03. The first-order valence-electron chi connectivity index (χ1n) is 7.66. The van der Waals surface area contributed by atoms with Crippen molar-refractivity contribution in [2.45, 2.75) is 44.7 Å². The van der Waals surface area contributed by atoms with Crippen LogP contribution in [0.25, 0.3) is 11.3 Å². The van der Waals surface area contributed by atoms with Crippen molar-refractivity contribution in [2.24, 2.45) is 5.92 Å². The summed E-state index contributed by atoms with van der Waals surface area (Å²) in [5.41, 5.74) is 2.47. The lowest BCUT2D eigenvalue weighted by atomic mass is 10.1. The van der Waals surface area contributed by atoms with Gasteiger partial charge in [0.1, 0.15) is 0 Å². The maximum Gasteiger partial charge on any atom is 0.0938 e. The summed E-state index contributed by atoms with van der Waals surface area (Å²) in [6, 6.07) is 11.4. The lowest BCUT2D eigenvalue weighted by molar-refractivity contribution is 0.695. The summed E-state index contributed by atoms with van der Waals surface area (Å²) >= 11 is 1.92. The Hall–Kier alpha value is -1.19. The Kier molecular flexibility index (Phi) is 3.32. The molecule has 2 fully saturated rings. The predicted molar refractivity (Wildman–Crippen MR) is 83.8 cm³/mol. The predicted octanol–water partition coefficient (Wildman–Crippen LogP) is 4.01. The van der Waals surface area contributed by atoms with Gasteiger partial charge in [-0.3, -0.25) is 0 Å². The highest BCUT2D eigenvalue weighted by molar-refractivity contribution is 7.12. The minimum Gasteiger partial charge on any atom is -0.309 e. The zero-order valence-electron chi connectivity index (χ0n) is 11.6. The Balaban J connectivity index is 1.60. The topological polar surface area (TPSA) is 24.9 Å². The van der Waals surface area contributed by atoms with E-state index in [1.807, 2.05) is 11.3 Å². The van der Waals surface area contributed by atoms with Crippen molar-refractivity contribution in [3.63, 3.8) is 0 Å². The number of benzene rings is 1. The fourth-order valence-electron chi connectivity index (χ4n) is 2.52. The molecule has 0 amide bonds. The molecule has 2 aliphatic carbocycles. The van der Waals surface area contributed by atoms with Gasteiger partial charge in [0.25, 0.3) is 0 Å². The van der Waals surface area contributed by atoms with Gasteiger partial charge >= 0.3 is 0 Å². The molecule has 0 aliphatic heterocycles. The second kappa shape index (κ2) is 5.30. The zero-order valence-corrected chi connectivity index (χ0v) is 12.5. The highest BCUT2D eigenvalue weighted by atomic mass is 32.1. The third-order valence-electron chi connectivity index (χ3n) is 4.08. The second-order valence-corrected chi connectivity index (χ2v) is 7.22. The minimum absolute atomic E-state index is 0.757. The van der Waals surface area contributed by atoms with Gasteiger partial charge in [0.2, 0.25) is 0 Å². The molecule has 2 aliphatic rings. The molecule has 0 spiro atoms. The molecule has 104 valence electrons. The van der Waals surface area contributed by atoms with Crippen LogP contribution in [0.1, 0.15) is 35.6 Å². The van der Waals surface area contributed by atoms with Crippen LogP contribution in [0, 0.1) is 5.92 Å². The summed E-state index contributed by atoms with van der Waals surface area (Å²) in [5, 5.41) is 4.97. The Morgan fingerprint density at radius 3 is 2.60 bits per heavy atom. The van der Waals surface area contributed by atoms with Crippen molar-refractivity contribution in [1.82, 2.24) is 10.3 Å². The number of nitrogens with one attached hydrogen (secondary N) is 1. The molecule has 0 bridgehead atoms. The molecule has 1 aromatic carbocycles. The van der Waals surface area contributed by atoms with Crippen LogP contribution in [-0.4, -0.2) is 11.0 Å². The van der Waals surface area contributed by atoms with Crippen LogP contribution in [0.2, 0.25) is 0 Å². The minimum atomic E-state index is 0.757. The van der Waals surface area contributed by atoms with E-state index in [0.717, 1.165) is 18.5 Å². The standard InChI is InChI=1S/C17H20N2S/c1-2-4-13(5-3-1)17-15(11-18-14-8-9-14)20-16(19-17)10-12-6-7-12/h1-5,12,14,18H,6-11H2. The van der Waals surface area contributed by atoms with E-state index < -0.39 is 0 Å². The van der Waals surface area contributed by atoms with Gasteiger partial charge in [0, 0.05) is 29.4 Å². The van der Waals surface area contributed by atoms with Crippen molar-refractivity contribution in [3.8, 4) is 11.3 Å². The van der Waals surface area contributed by atoms with Crippen LogP contribution >= 0.6 is 11.3 Å². The molecule has 0 unspecified atom stereocenters. The maximum atomic E-state index is 4.94. The molecule has 1 aromatic heterocycles. The van der Waals surface area contributed by atoms with Crippen molar-refractivity contribution < 1.29 is 0 Å². The molecule has 1 N–H and O–H groups in total. The summed E-state index contributed by atoms with van der Waals surface area (Å²) in [6.45, 7) is 0.983. The monoisotopic (exact) mass is 284 g/mol. The highest BCUT2D eigenvalue weighted by Crippen LogP contribution is 2.36. The molecule has 1 heterocycles. The van der Waals surface area contributed by atoms with E-state index >= 15 is 0 Å². The molecule has 3 heteroatoms. The zero-order chi connectivity index (χ0) is 13.4. The van der Waals surface area contributed by atoms with Gasteiger partial charge in [-0.1, -0.05) is 30.3 Å². The van der Waals surface area contributed by atoms with E-state index in [-0.39, 0.29) is 0 Å². The van der Waals surface area contributed by atoms with E-state index in [4.69, 9.17) is 4.98 Å². The van der Waals surface area contributed by atoms with E-state index in [0.29, 0.717) is 0 Å². The van der Waals surface area contributed by atoms with Crippen molar-refractivity contribution in [1.29, 1.82) is 0 Å². The van der Waals surface area contributed by atoms with Crippen LogP contribution < -0.4 is 5.32 Å². The first-order valence-corrected chi connectivity index (χ1v) is 8.47. The summed E-state index contributed by atoms with van der Waals surface area (Å²) in [5.74, 6) is 0.911. The summed E-state index contributed by atoms with van der Waals surface area (Å²) in [6.07, 6.45) is 6.67. The average molecular weight is 284 g/mol. The smallest absolute Gasteiger partial charge is 0.0938 e. The van der Waals surface area contributed by atoms with Crippen LogP contribution in [0.3, 0.4) is 0 Å². The molecule has 2 saturated carbocycles. The SMILES string of the molecule is c1ccc(-c2nc(CC3CC3)sc2CNC2CC2)cc1.